The molecule has 0 aliphatic carbocycles. The molecular weight excluding hydrogens is 424 g/mol. The second kappa shape index (κ2) is 8.88. The number of halogens is 1. The maximum Gasteiger partial charge on any atom is 0.312 e. The third kappa shape index (κ3) is 4.89. The van der Waals surface area contributed by atoms with Gasteiger partial charge in [-0.2, -0.15) is 0 Å². The predicted molar refractivity (Wildman–Crippen MR) is 111 cm³/mol. The molecule has 0 bridgehead atoms. The van der Waals surface area contributed by atoms with E-state index in [1.165, 1.54) is 0 Å². The molecule has 0 saturated carbocycles. The number of amides is 4. The summed E-state index contributed by atoms with van der Waals surface area (Å²) in [6.45, 7) is 0.635. The average Bonchev–Trinajstić information content (AvgIpc) is 3.07. The third-order valence-electron chi connectivity index (χ3n) is 4.50. The minimum atomic E-state index is -0.708. The molecule has 2 aromatic rings. The van der Waals surface area contributed by atoms with Crippen LogP contribution in [-0.4, -0.2) is 24.4 Å². The van der Waals surface area contributed by atoms with Crippen molar-refractivity contribution >= 4 is 45.2 Å². The number of urea groups is 1. The first kappa shape index (κ1) is 19.9. The molecule has 8 heteroatoms. The average molecular weight is 445 g/mol. The van der Waals surface area contributed by atoms with Gasteiger partial charge in [0, 0.05) is 17.4 Å². The van der Waals surface area contributed by atoms with Crippen LogP contribution in [0.15, 0.2) is 53.0 Å². The van der Waals surface area contributed by atoms with Crippen LogP contribution in [0.1, 0.15) is 30.9 Å². The van der Waals surface area contributed by atoms with E-state index in [0.717, 1.165) is 16.5 Å². The van der Waals surface area contributed by atoms with E-state index in [9.17, 15) is 14.4 Å². The molecular formula is C20H21BrN4O3. The summed E-state index contributed by atoms with van der Waals surface area (Å²) in [5.74, 6) is -0.248. The summed E-state index contributed by atoms with van der Waals surface area (Å²) in [5, 5.41) is 5.47. The highest BCUT2D eigenvalue weighted by Gasteiger charge is 2.25. The highest BCUT2D eigenvalue weighted by molar-refractivity contribution is 9.10. The normalized spacial score (nSPS) is 14.6. The first-order valence-electron chi connectivity index (χ1n) is 8.94. The van der Waals surface area contributed by atoms with Crippen LogP contribution in [0.2, 0.25) is 0 Å². The minimum Gasteiger partial charge on any atom is -0.352 e. The molecule has 1 atom stereocenters. The van der Waals surface area contributed by atoms with E-state index in [2.05, 4.69) is 26.6 Å². The second-order valence-electron chi connectivity index (χ2n) is 6.53. The summed E-state index contributed by atoms with van der Waals surface area (Å²) in [5.41, 5.74) is 7.28. The highest BCUT2D eigenvalue weighted by atomic mass is 79.9. The Labute approximate surface area is 171 Å². The number of hydrogen-bond donors (Lipinski definition) is 3. The molecule has 7 nitrogen and oxygen atoms in total. The Morgan fingerprint density at radius 3 is 2.64 bits per heavy atom. The summed E-state index contributed by atoms with van der Waals surface area (Å²) < 4.78 is 0.833. The van der Waals surface area contributed by atoms with Crippen molar-refractivity contribution in [3.63, 3.8) is 0 Å². The molecule has 0 radical (unpaired) electrons. The van der Waals surface area contributed by atoms with Gasteiger partial charge in [0.05, 0.1) is 23.8 Å². The van der Waals surface area contributed by atoms with Gasteiger partial charge in [0.25, 0.3) is 0 Å². The minimum absolute atomic E-state index is 0.00166. The molecule has 2 aromatic carbocycles. The van der Waals surface area contributed by atoms with Gasteiger partial charge in [-0.25, -0.2) is 4.79 Å². The van der Waals surface area contributed by atoms with Crippen molar-refractivity contribution in [1.82, 2.24) is 5.32 Å². The predicted octanol–water partition coefficient (Wildman–Crippen LogP) is 3.31. The summed E-state index contributed by atoms with van der Waals surface area (Å²) in [4.78, 5) is 37.8. The van der Waals surface area contributed by atoms with E-state index >= 15 is 0 Å². The number of nitrogens with two attached hydrogens (primary N) is 1. The first-order chi connectivity index (χ1) is 13.4. The Morgan fingerprint density at radius 2 is 1.96 bits per heavy atom. The molecule has 4 N–H and O–H groups in total. The summed E-state index contributed by atoms with van der Waals surface area (Å²) >= 11 is 3.39. The van der Waals surface area contributed by atoms with Gasteiger partial charge in [-0.3, -0.25) is 9.59 Å². The van der Waals surface area contributed by atoms with Crippen molar-refractivity contribution < 1.29 is 14.4 Å². The van der Waals surface area contributed by atoms with Crippen LogP contribution >= 0.6 is 15.9 Å². The van der Waals surface area contributed by atoms with Gasteiger partial charge in [0.2, 0.25) is 11.8 Å². The van der Waals surface area contributed by atoms with Gasteiger partial charge in [0.15, 0.2) is 0 Å². The van der Waals surface area contributed by atoms with E-state index in [4.69, 9.17) is 5.73 Å². The Bertz CT molecular complexity index is 903. The quantitative estimate of drug-likeness (QED) is 0.636. The molecule has 28 heavy (non-hydrogen) atoms. The number of rotatable bonds is 6. The monoisotopic (exact) mass is 444 g/mol. The zero-order valence-corrected chi connectivity index (χ0v) is 16.7. The van der Waals surface area contributed by atoms with Gasteiger partial charge in [-0.15, -0.1) is 0 Å². The topological polar surface area (TPSA) is 105 Å². The van der Waals surface area contributed by atoms with Crippen LogP contribution in [0, 0.1) is 0 Å². The molecule has 4 amide bonds. The van der Waals surface area contributed by atoms with Crippen LogP contribution in [0.25, 0.3) is 0 Å². The number of carbonyl (C=O) groups excluding carboxylic acids is 3. The van der Waals surface area contributed by atoms with E-state index < -0.39 is 12.1 Å². The van der Waals surface area contributed by atoms with Gasteiger partial charge in [0.1, 0.15) is 0 Å². The Hall–Kier alpha value is -2.87. The fourth-order valence-corrected chi connectivity index (χ4v) is 3.67. The zero-order valence-electron chi connectivity index (χ0n) is 15.2. The fourth-order valence-electron chi connectivity index (χ4n) is 3.25. The zero-order chi connectivity index (χ0) is 20.1. The lowest BCUT2D eigenvalue weighted by atomic mass is 10.0. The number of anilines is 2. The molecule has 146 valence electrons. The van der Waals surface area contributed by atoms with Crippen molar-refractivity contribution in [3.8, 4) is 0 Å². The third-order valence-corrected chi connectivity index (χ3v) is 4.99. The Morgan fingerprint density at radius 1 is 1.18 bits per heavy atom. The number of primary amides is 1. The van der Waals surface area contributed by atoms with Gasteiger partial charge >= 0.3 is 6.03 Å². The smallest absolute Gasteiger partial charge is 0.312 e. The van der Waals surface area contributed by atoms with Gasteiger partial charge in [-0.1, -0.05) is 40.2 Å². The summed E-state index contributed by atoms with van der Waals surface area (Å²) in [7, 11) is 0. The molecule has 0 spiro atoms. The number of nitrogens with zero attached hydrogens (tertiary/aromatic N) is 1. The molecule has 1 heterocycles. The molecule has 0 unspecified atom stereocenters. The second-order valence-corrected chi connectivity index (χ2v) is 7.45. The van der Waals surface area contributed by atoms with E-state index in [1.807, 2.05) is 36.4 Å². The van der Waals surface area contributed by atoms with Crippen LogP contribution in [0.5, 0.6) is 0 Å². The van der Waals surface area contributed by atoms with Crippen molar-refractivity contribution in [1.29, 1.82) is 0 Å². The maximum atomic E-state index is 12.7. The SMILES string of the molecule is NC(=O)N[C@H](CC(=O)Nc1ccccc1N1CCCC1=O)c1cccc(Br)c1. The van der Waals surface area contributed by atoms with Crippen molar-refractivity contribution in [3.05, 3.63) is 58.6 Å². The number of carbonyl (C=O) groups is 3. The van der Waals surface area contributed by atoms with Crippen LogP contribution in [0.3, 0.4) is 0 Å². The largest absolute Gasteiger partial charge is 0.352 e. The highest BCUT2D eigenvalue weighted by Crippen LogP contribution is 2.30. The van der Waals surface area contributed by atoms with Crippen molar-refractivity contribution in [2.24, 2.45) is 5.73 Å². The summed E-state index contributed by atoms with van der Waals surface area (Å²) in [6, 6.07) is 13.2. The lowest BCUT2D eigenvalue weighted by Crippen LogP contribution is -2.35. The van der Waals surface area contributed by atoms with E-state index in [-0.39, 0.29) is 18.2 Å². The fraction of sp³-hybridized carbons (Fsp3) is 0.250. The molecule has 0 aromatic heterocycles. The van der Waals surface area contributed by atoms with Crippen molar-refractivity contribution in [2.45, 2.75) is 25.3 Å². The van der Waals surface area contributed by atoms with Crippen LogP contribution in [-0.2, 0) is 9.59 Å². The lowest BCUT2D eigenvalue weighted by Gasteiger charge is -2.21. The first-order valence-corrected chi connectivity index (χ1v) is 9.74. The molecule has 1 aliphatic rings. The standard InChI is InChI=1S/C20H21BrN4O3/c21-14-6-3-5-13(11-14)16(24-20(22)28)12-18(26)23-15-7-1-2-8-17(15)25-10-4-9-19(25)27/h1-3,5-8,11,16H,4,9-10,12H2,(H,23,26)(H3,22,24,28)/t16-/m1/s1. The number of nitrogens with one attached hydrogen (secondary N) is 2. The molecule has 1 aliphatic heterocycles. The molecule has 1 fully saturated rings. The number of benzene rings is 2. The molecule has 1 saturated heterocycles. The van der Waals surface area contributed by atoms with Gasteiger partial charge in [-0.05, 0) is 36.2 Å². The number of hydrogen-bond acceptors (Lipinski definition) is 3. The van der Waals surface area contributed by atoms with Crippen LogP contribution < -0.4 is 21.3 Å². The summed E-state index contributed by atoms with van der Waals surface area (Å²) in [6.07, 6.45) is 1.31. The lowest BCUT2D eigenvalue weighted by molar-refractivity contribution is -0.117. The maximum absolute atomic E-state index is 12.7. The van der Waals surface area contributed by atoms with Crippen LogP contribution in [0.4, 0.5) is 16.2 Å². The van der Waals surface area contributed by atoms with Gasteiger partial charge < -0.3 is 21.3 Å². The number of para-hydroxylation sites is 2. The van der Waals surface area contributed by atoms with E-state index in [1.54, 1.807) is 17.0 Å². The van der Waals surface area contributed by atoms with Crippen molar-refractivity contribution in [2.75, 3.05) is 16.8 Å². The van der Waals surface area contributed by atoms with E-state index in [0.29, 0.717) is 24.3 Å². The Kier molecular flexibility index (Phi) is 6.30. The molecule has 3 rings (SSSR count). The Balaban J connectivity index is 1.77.